The van der Waals surface area contributed by atoms with Crippen LogP contribution in [0.25, 0.3) is 0 Å². The van der Waals surface area contributed by atoms with Gasteiger partial charge in [-0.1, -0.05) is 49.4 Å². The van der Waals surface area contributed by atoms with Crippen molar-refractivity contribution in [2.75, 3.05) is 0 Å². The number of hydrogen-bond acceptors (Lipinski definition) is 3. The average molecular weight is 347 g/mol. The van der Waals surface area contributed by atoms with Crippen molar-refractivity contribution in [1.29, 1.82) is 0 Å². The fourth-order valence-corrected chi connectivity index (χ4v) is 3.05. The molecule has 0 saturated heterocycles. The first kappa shape index (κ1) is 18.2. The Labute approximate surface area is 155 Å². The number of benzene rings is 2. The Hall–Kier alpha value is -2.65. The smallest absolute Gasteiger partial charge is 0.126 e. The van der Waals surface area contributed by atoms with Crippen molar-refractivity contribution in [3.63, 3.8) is 0 Å². The van der Waals surface area contributed by atoms with Crippen molar-refractivity contribution in [3.8, 4) is 5.75 Å². The summed E-state index contributed by atoms with van der Waals surface area (Å²) in [5.41, 5.74) is 5.83. The first-order chi connectivity index (χ1) is 12.6. The summed E-state index contributed by atoms with van der Waals surface area (Å²) in [6.07, 6.45) is 1.91. The second kappa shape index (κ2) is 8.15. The Morgan fingerprint density at radius 2 is 1.73 bits per heavy atom. The number of pyridine rings is 1. The van der Waals surface area contributed by atoms with E-state index in [1.54, 1.807) is 6.20 Å². The Kier molecular flexibility index (Phi) is 5.69. The van der Waals surface area contributed by atoms with Gasteiger partial charge in [0.25, 0.3) is 0 Å². The Balaban J connectivity index is 1.92. The number of aromatic nitrogens is 1. The van der Waals surface area contributed by atoms with E-state index in [0.717, 1.165) is 40.1 Å². The monoisotopic (exact) mass is 347 g/mol. The van der Waals surface area contributed by atoms with E-state index in [2.05, 4.69) is 11.9 Å². The van der Waals surface area contributed by atoms with Crippen LogP contribution in [0.4, 0.5) is 0 Å². The molecule has 0 spiro atoms. The van der Waals surface area contributed by atoms with Gasteiger partial charge in [0, 0.05) is 23.0 Å². The van der Waals surface area contributed by atoms with Crippen molar-refractivity contribution in [1.82, 2.24) is 4.98 Å². The van der Waals surface area contributed by atoms with Crippen LogP contribution in [0, 0.1) is 13.8 Å². The highest BCUT2D eigenvalue weighted by Gasteiger charge is 2.18. The largest absolute Gasteiger partial charge is 0.488 e. The van der Waals surface area contributed by atoms with Gasteiger partial charge < -0.3 is 9.84 Å². The van der Waals surface area contributed by atoms with Gasteiger partial charge >= 0.3 is 0 Å². The molecule has 1 N–H and O–H groups in total. The predicted molar refractivity (Wildman–Crippen MR) is 104 cm³/mol. The quantitative estimate of drug-likeness (QED) is 0.688. The number of aliphatic hydroxyl groups excluding tert-OH is 1. The Morgan fingerprint density at radius 3 is 2.42 bits per heavy atom. The van der Waals surface area contributed by atoms with Gasteiger partial charge in [-0.2, -0.15) is 0 Å². The van der Waals surface area contributed by atoms with Gasteiger partial charge in [0.2, 0.25) is 0 Å². The highest BCUT2D eigenvalue weighted by atomic mass is 16.5. The SMILES string of the molecule is CCc1ccc(C(O)c2cnc(C)cc2C)c(OCc2ccccc2)c1. The normalized spacial score (nSPS) is 12.0. The van der Waals surface area contributed by atoms with Gasteiger partial charge in [-0.25, -0.2) is 0 Å². The van der Waals surface area contributed by atoms with Crippen LogP contribution in [-0.4, -0.2) is 10.1 Å². The van der Waals surface area contributed by atoms with Gasteiger partial charge in [0.05, 0.1) is 0 Å². The molecule has 2 aromatic carbocycles. The van der Waals surface area contributed by atoms with Gasteiger partial charge in [0.1, 0.15) is 18.5 Å². The molecule has 134 valence electrons. The van der Waals surface area contributed by atoms with Crippen LogP contribution in [0.15, 0.2) is 60.8 Å². The lowest BCUT2D eigenvalue weighted by Gasteiger charge is -2.19. The molecule has 0 radical (unpaired) electrons. The minimum atomic E-state index is -0.764. The third kappa shape index (κ3) is 4.12. The number of nitrogens with zero attached hydrogens (tertiary/aromatic N) is 1. The van der Waals surface area contributed by atoms with E-state index in [4.69, 9.17) is 4.74 Å². The van der Waals surface area contributed by atoms with Gasteiger partial charge in [-0.05, 0) is 49.1 Å². The summed E-state index contributed by atoms with van der Waals surface area (Å²) in [5.74, 6) is 0.723. The number of aliphatic hydroxyl groups is 1. The fourth-order valence-electron chi connectivity index (χ4n) is 3.05. The topological polar surface area (TPSA) is 42.4 Å². The second-order valence-corrected chi connectivity index (χ2v) is 6.58. The first-order valence-corrected chi connectivity index (χ1v) is 8.99. The van der Waals surface area contributed by atoms with E-state index in [1.807, 2.05) is 68.4 Å². The zero-order valence-electron chi connectivity index (χ0n) is 15.6. The first-order valence-electron chi connectivity index (χ1n) is 8.99. The van der Waals surface area contributed by atoms with E-state index in [0.29, 0.717) is 6.61 Å². The molecule has 0 amide bonds. The summed E-state index contributed by atoms with van der Waals surface area (Å²) in [6.45, 7) is 6.53. The van der Waals surface area contributed by atoms with E-state index in [-0.39, 0.29) is 0 Å². The van der Waals surface area contributed by atoms with Crippen molar-refractivity contribution in [2.24, 2.45) is 0 Å². The van der Waals surface area contributed by atoms with Crippen LogP contribution in [0.1, 0.15) is 46.5 Å². The zero-order chi connectivity index (χ0) is 18.5. The minimum Gasteiger partial charge on any atom is -0.488 e. The zero-order valence-corrected chi connectivity index (χ0v) is 15.6. The van der Waals surface area contributed by atoms with Crippen LogP contribution in [-0.2, 0) is 13.0 Å². The number of rotatable bonds is 6. The molecule has 0 aliphatic heterocycles. The van der Waals surface area contributed by atoms with E-state index >= 15 is 0 Å². The summed E-state index contributed by atoms with van der Waals surface area (Å²) in [6, 6.07) is 18.1. The van der Waals surface area contributed by atoms with Crippen LogP contribution >= 0.6 is 0 Å². The van der Waals surface area contributed by atoms with Crippen molar-refractivity contribution < 1.29 is 9.84 Å². The van der Waals surface area contributed by atoms with Crippen molar-refractivity contribution >= 4 is 0 Å². The van der Waals surface area contributed by atoms with Crippen LogP contribution in [0.3, 0.4) is 0 Å². The molecular formula is C23H25NO2. The van der Waals surface area contributed by atoms with E-state index in [1.165, 1.54) is 5.56 Å². The summed E-state index contributed by atoms with van der Waals surface area (Å²) < 4.78 is 6.09. The highest BCUT2D eigenvalue weighted by Crippen LogP contribution is 2.33. The van der Waals surface area contributed by atoms with Gasteiger partial charge in [0.15, 0.2) is 0 Å². The maximum absolute atomic E-state index is 11.0. The summed E-state index contributed by atoms with van der Waals surface area (Å²) in [5, 5.41) is 11.0. The lowest BCUT2D eigenvalue weighted by Crippen LogP contribution is -2.07. The molecule has 26 heavy (non-hydrogen) atoms. The van der Waals surface area contributed by atoms with Crippen LogP contribution in [0.2, 0.25) is 0 Å². The van der Waals surface area contributed by atoms with Crippen molar-refractivity contribution in [3.05, 3.63) is 94.3 Å². The highest BCUT2D eigenvalue weighted by molar-refractivity contribution is 5.44. The lowest BCUT2D eigenvalue weighted by molar-refractivity contribution is 0.208. The molecule has 0 fully saturated rings. The predicted octanol–water partition coefficient (Wildman–Crippen LogP) is 4.92. The molecular weight excluding hydrogens is 322 g/mol. The maximum Gasteiger partial charge on any atom is 0.126 e. The second-order valence-electron chi connectivity index (χ2n) is 6.58. The van der Waals surface area contributed by atoms with E-state index < -0.39 is 6.10 Å². The molecule has 3 heteroatoms. The Bertz CT molecular complexity index is 875. The summed E-state index contributed by atoms with van der Waals surface area (Å²) >= 11 is 0. The van der Waals surface area contributed by atoms with Crippen LogP contribution in [0.5, 0.6) is 5.75 Å². The molecule has 0 saturated carbocycles. The van der Waals surface area contributed by atoms with Crippen LogP contribution < -0.4 is 4.74 Å². The molecule has 0 aliphatic carbocycles. The molecule has 0 aliphatic rings. The number of aryl methyl sites for hydroxylation is 3. The van der Waals surface area contributed by atoms with Crippen molar-refractivity contribution in [2.45, 2.75) is 39.9 Å². The van der Waals surface area contributed by atoms with Gasteiger partial charge in [-0.15, -0.1) is 0 Å². The molecule has 3 rings (SSSR count). The summed E-state index contributed by atoms with van der Waals surface area (Å²) in [4.78, 5) is 4.34. The number of ether oxygens (including phenoxy) is 1. The van der Waals surface area contributed by atoms with E-state index in [9.17, 15) is 5.11 Å². The Morgan fingerprint density at radius 1 is 0.962 bits per heavy atom. The third-order valence-corrected chi connectivity index (χ3v) is 4.60. The van der Waals surface area contributed by atoms with Gasteiger partial charge in [-0.3, -0.25) is 4.98 Å². The molecule has 1 unspecified atom stereocenters. The molecule has 3 nitrogen and oxygen atoms in total. The fraction of sp³-hybridized carbons (Fsp3) is 0.261. The molecule has 1 atom stereocenters. The standard InChI is InChI=1S/C23H25NO2/c1-4-18-10-11-20(23(25)21-14-24-17(3)12-16(21)2)22(13-18)26-15-19-8-6-5-7-9-19/h5-14,23,25H,4,15H2,1-3H3. The number of hydrogen-bond donors (Lipinski definition) is 1. The summed E-state index contributed by atoms with van der Waals surface area (Å²) in [7, 11) is 0. The average Bonchev–Trinajstić information content (AvgIpc) is 2.66. The minimum absolute atomic E-state index is 0.471. The molecule has 1 heterocycles. The lowest BCUT2D eigenvalue weighted by atomic mass is 9.96. The maximum atomic E-state index is 11.0. The third-order valence-electron chi connectivity index (χ3n) is 4.60. The molecule has 0 bridgehead atoms. The molecule has 3 aromatic rings. The molecule has 1 aromatic heterocycles.